The average Bonchev–Trinajstić information content (AvgIpc) is 3.13. The van der Waals surface area contributed by atoms with Gasteiger partial charge >= 0.3 is 5.97 Å². The number of carbonyl (C=O) groups is 1. The van der Waals surface area contributed by atoms with Crippen LogP contribution in [-0.2, 0) is 16.1 Å². The molecule has 27 heavy (non-hydrogen) atoms. The Morgan fingerprint density at radius 3 is 2.96 bits per heavy atom. The van der Waals surface area contributed by atoms with Crippen molar-refractivity contribution < 1.29 is 23.7 Å². The first kappa shape index (κ1) is 17.4. The third-order valence-electron chi connectivity index (χ3n) is 3.94. The van der Waals surface area contributed by atoms with E-state index in [-0.39, 0.29) is 6.61 Å². The zero-order valence-corrected chi connectivity index (χ0v) is 15.5. The van der Waals surface area contributed by atoms with Crippen LogP contribution in [0.15, 0.2) is 42.5 Å². The second-order valence-electron chi connectivity index (χ2n) is 5.76. The monoisotopic (exact) mass is 383 g/mol. The number of rotatable bonds is 5. The predicted molar refractivity (Wildman–Crippen MR) is 102 cm³/mol. The average molecular weight is 383 g/mol. The molecule has 138 valence electrons. The Hall–Kier alpha value is -3.06. The molecule has 1 aliphatic heterocycles. The van der Waals surface area contributed by atoms with Crippen molar-refractivity contribution in [3.05, 3.63) is 53.0 Å². The van der Waals surface area contributed by atoms with E-state index in [0.717, 1.165) is 20.8 Å². The maximum absolute atomic E-state index is 12.0. The van der Waals surface area contributed by atoms with Crippen molar-refractivity contribution in [2.75, 3.05) is 20.3 Å². The summed E-state index contributed by atoms with van der Waals surface area (Å²) in [5.74, 6) is 1.31. The molecule has 0 spiro atoms. The van der Waals surface area contributed by atoms with Crippen LogP contribution < -0.4 is 14.2 Å². The molecule has 0 saturated carbocycles. The summed E-state index contributed by atoms with van der Waals surface area (Å²) in [5.41, 5.74) is 1.67. The van der Waals surface area contributed by atoms with Gasteiger partial charge in [-0.1, -0.05) is 12.1 Å². The summed E-state index contributed by atoms with van der Waals surface area (Å²) in [6, 6.07) is 11.4. The zero-order valence-electron chi connectivity index (χ0n) is 14.6. The Kier molecular flexibility index (Phi) is 4.93. The molecule has 0 aliphatic carbocycles. The molecular weight excluding hydrogens is 366 g/mol. The lowest BCUT2D eigenvalue weighted by Crippen LogP contribution is -2.16. The molecular formula is C20H17NO5S. The molecule has 0 radical (unpaired) electrons. The summed E-state index contributed by atoms with van der Waals surface area (Å²) >= 11 is 1.51. The SMILES string of the molecule is COc1cc(/C=C/C(=O)OCc2nc3ccccc3s2)cc2c1OCCO2. The van der Waals surface area contributed by atoms with Gasteiger partial charge in [-0.15, -0.1) is 11.3 Å². The van der Waals surface area contributed by atoms with E-state index in [1.807, 2.05) is 24.3 Å². The van der Waals surface area contributed by atoms with Crippen LogP contribution in [0.25, 0.3) is 16.3 Å². The van der Waals surface area contributed by atoms with Crippen molar-refractivity contribution in [1.82, 2.24) is 4.98 Å². The lowest BCUT2D eigenvalue weighted by Gasteiger charge is -2.20. The van der Waals surface area contributed by atoms with Crippen LogP contribution in [0.2, 0.25) is 0 Å². The minimum Gasteiger partial charge on any atom is -0.493 e. The fourth-order valence-corrected chi connectivity index (χ4v) is 3.60. The molecule has 2 heterocycles. The molecule has 0 fully saturated rings. The van der Waals surface area contributed by atoms with Crippen molar-refractivity contribution in [1.29, 1.82) is 0 Å². The molecule has 0 amide bonds. The second-order valence-corrected chi connectivity index (χ2v) is 6.88. The first-order chi connectivity index (χ1) is 13.2. The molecule has 1 aliphatic rings. The number of carbonyl (C=O) groups excluding carboxylic acids is 1. The van der Waals surface area contributed by atoms with Gasteiger partial charge in [0.15, 0.2) is 11.5 Å². The normalized spacial score (nSPS) is 13.1. The Labute approximate surface area is 160 Å². The number of benzene rings is 2. The van der Waals surface area contributed by atoms with Gasteiger partial charge in [0.25, 0.3) is 0 Å². The van der Waals surface area contributed by atoms with Crippen LogP contribution in [0.4, 0.5) is 0 Å². The Bertz CT molecular complexity index is 961. The van der Waals surface area contributed by atoms with Gasteiger partial charge in [0.1, 0.15) is 24.8 Å². The highest BCUT2D eigenvalue weighted by atomic mass is 32.1. The third kappa shape index (κ3) is 3.88. The quantitative estimate of drug-likeness (QED) is 0.493. The summed E-state index contributed by atoms with van der Waals surface area (Å²) in [5, 5.41) is 0.763. The van der Waals surface area contributed by atoms with Crippen molar-refractivity contribution in [3.8, 4) is 17.2 Å². The zero-order chi connectivity index (χ0) is 18.6. The topological polar surface area (TPSA) is 66.9 Å². The number of nitrogens with zero attached hydrogens (tertiary/aromatic N) is 1. The fraction of sp³-hybridized carbons (Fsp3) is 0.200. The molecule has 4 rings (SSSR count). The predicted octanol–water partition coefficient (Wildman–Crippen LogP) is 3.83. The highest BCUT2D eigenvalue weighted by Gasteiger charge is 2.17. The molecule has 2 aromatic carbocycles. The van der Waals surface area contributed by atoms with Crippen molar-refractivity contribution in [3.63, 3.8) is 0 Å². The van der Waals surface area contributed by atoms with E-state index in [1.165, 1.54) is 17.4 Å². The van der Waals surface area contributed by atoms with Crippen LogP contribution in [0, 0.1) is 0 Å². The smallest absolute Gasteiger partial charge is 0.331 e. The summed E-state index contributed by atoms with van der Waals surface area (Å²) in [6.07, 6.45) is 3.03. The number of ether oxygens (including phenoxy) is 4. The van der Waals surface area contributed by atoms with Gasteiger partial charge in [-0.3, -0.25) is 0 Å². The maximum atomic E-state index is 12.0. The lowest BCUT2D eigenvalue weighted by atomic mass is 10.1. The standard InChI is InChI=1S/C20H17NO5S/c1-23-15-10-13(11-16-20(15)25-9-8-24-16)6-7-19(22)26-12-18-21-14-4-2-3-5-17(14)27-18/h2-7,10-11H,8-9,12H2,1H3/b7-6+. The van der Waals surface area contributed by atoms with Gasteiger partial charge in [0.2, 0.25) is 5.75 Å². The minimum atomic E-state index is -0.442. The van der Waals surface area contributed by atoms with Crippen LogP contribution in [0.1, 0.15) is 10.6 Å². The molecule has 0 atom stereocenters. The summed E-state index contributed by atoms with van der Waals surface area (Å²) < 4.78 is 22.8. The van der Waals surface area contributed by atoms with E-state index in [4.69, 9.17) is 18.9 Å². The van der Waals surface area contributed by atoms with Crippen LogP contribution >= 0.6 is 11.3 Å². The summed E-state index contributed by atoms with van der Waals surface area (Å²) in [4.78, 5) is 16.5. The first-order valence-electron chi connectivity index (χ1n) is 8.40. The maximum Gasteiger partial charge on any atom is 0.331 e. The van der Waals surface area contributed by atoms with Crippen molar-refractivity contribution in [2.24, 2.45) is 0 Å². The number of thiazole rings is 1. The van der Waals surface area contributed by atoms with Crippen LogP contribution in [0.3, 0.4) is 0 Å². The van der Waals surface area contributed by atoms with Gasteiger partial charge in [-0.25, -0.2) is 9.78 Å². The van der Waals surface area contributed by atoms with Crippen LogP contribution in [-0.4, -0.2) is 31.3 Å². The highest BCUT2D eigenvalue weighted by Crippen LogP contribution is 2.40. The van der Waals surface area contributed by atoms with Gasteiger partial charge in [0.05, 0.1) is 17.3 Å². The number of hydrogen-bond donors (Lipinski definition) is 0. The highest BCUT2D eigenvalue weighted by molar-refractivity contribution is 7.18. The van der Waals surface area contributed by atoms with E-state index in [9.17, 15) is 4.79 Å². The molecule has 3 aromatic rings. The van der Waals surface area contributed by atoms with E-state index in [2.05, 4.69) is 4.98 Å². The molecule has 0 bridgehead atoms. The second kappa shape index (κ2) is 7.67. The van der Waals surface area contributed by atoms with E-state index < -0.39 is 5.97 Å². The van der Waals surface area contributed by atoms with Crippen molar-refractivity contribution >= 4 is 33.6 Å². The van der Waals surface area contributed by atoms with Crippen molar-refractivity contribution in [2.45, 2.75) is 6.61 Å². The van der Waals surface area contributed by atoms with Gasteiger partial charge in [-0.2, -0.15) is 0 Å². The molecule has 6 nitrogen and oxygen atoms in total. The number of esters is 1. The Morgan fingerprint density at radius 1 is 1.26 bits per heavy atom. The molecule has 0 saturated heterocycles. The summed E-state index contributed by atoms with van der Waals surface area (Å²) in [7, 11) is 1.56. The van der Waals surface area contributed by atoms with Gasteiger partial charge in [-0.05, 0) is 35.9 Å². The summed E-state index contributed by atoms with van der Waals surface area (Å²) in [6.45, 7) is 1.11. The molecule has 7 heteroatoms. The third-order valence-corrected chi connectivity index (χ3v) is 4.95. The lowest BCUT2D eigenvalue weighted by molar-refractivity contribution is -0.138. The van der Waals surface area contributed by atoms with Gasteiger partial charge in [0, 0.05) is 6.08 Å². The fourth-order valence-electron chi connectivity index (χ4n) is 2.72. The van der Waals surface area contributed by atoms with E-state index in [1.54, 1.807) is 25.3 Å². The van der Waals surface area contributed by atoms with Crippen LogP contribution in [0.5, 0.6) is 17.2 Å². The molecule has 0 unspecified atom stereocenters. The largest absolute Gasteiger partial charge is 0.493 e. The number of para-hydroxylation sites is 1. The first-order valence-corrected chi connectivity index (χ1v) is 9.21. The molecule has 1 aromatic heterocycles. The van der Waals surface area contributed by atoms with E-state index in [0.29, 0.717) is 30.5 Å². The number of hydrogen-bond acceptors (Lipinski definition) is 7. The molecule has 0 N–H and O–H groups in total. The number of aromatic nitrogens is 1. The minimum absolute atomic E-state index is 0.146. The Balaban J connectivity index is 1.42. The van der Waals surface area contributed by atoms with E-state index >= 15 is 0 Å². The van der Waals surface area contributed by atoms with Gasteiger partial charge < -0.3 is 18.9 Å². The number of methoxy groups -OCH3 is 1. The number of fused-ring (bicyclic) bond motifs is 2. The Morgan fingerprint density at radius 2 is 2.11 bits per heavy atom.